The van der Waals surface area contributed by atoms with E-state index in [1.807, 2.05) is 4.90 Å². The van der Waals surface area contributed by atoms with Crippen molar-refractivity contribution in [3.05, 3.63) is 29.8 Å². The molecule has 3 fully saturated rings. The number of cyclic esters (lactones) is 1. The van der Waals surface area contributed by atoms with Gasteiger partial charge in [-0.2, -0.15) is 0 Å². The topological polar surface area (TPSA) is 36.0 Å². The average Bonchev–Trinajstić information content (AvgIpc) is 2.98. The summed E-state index contributed by atoms with van der Waals surface area (Å²) >= 11 is 0. The fourth-order valence-corrected chi connectivity index (χ4v) is 4.02. The van der Waals surface area contributed by atoms with Crippen LogP contribution < -0.4 is 4.90 Å². The molecule has 24 heavy (non-hydrogen) atoms. The SMILES string of the molecule is O=C1OCC2CN(C3CCN(c4ccc(F)c(F)c4)CC3)CCN12. The lowest BCUT2D eigenvalue weighted by molar-refractivity contribution is 0.0778. The van der Waals surface area contributed by atoms with Crippen LogP contribution in [0.3, 0.4) is 0 Å². The van der Waals surface area contributed by atoms with Crippen molar-refractivity contribution in [1.82, 2.24) is 9.80 Å². The number of rotatable bonds is 2. The molecular formula is C17H21F2N3O2. The normalized spacial score (nSPS) is 25.8. The molecule has 3 aliphatic rings. The number of halogens is 2. The quantitative estimate of drug-likeness (QED) is 0.828. The van der Waals surface area contributed by atoms with Crippen LogP contribution in [0.1, 0.15) is 12.8 Å². The molecule has 3 aliphatic heterocycles. The fraction of sp³-hybridized carbons (Fsp3) is 0.588. The molecule has 1 amide bonds. The van der Waals surface area contributed by atoms with Crippen LogP contribution in [0.5, 0.6) is 0 Å². The standard InChI is InChI=1S/C17H21F2N3O2/c18-15-2-1-13(9-16(15)19)20-5-3-12(4-6-20)21-7-8-22-14(10-21)11-24-17(22)23/h1-2,9,12,14H,3-8,10-11H2. The molecule has 3 saturated heterocycles. The zero-order valence-corrected chi connectivity index (χ0v) is 13.5. The van der Waals surface area contributed by atoms with Crippen LogP contribution in [0, 0.1) is 11.6 Å². The first-order valence-corrected chi connectivity index (χ1v) is 8.49. The fourth-order valence-electron chi connectivity index (χ4n) is 4.02. The molecule has 4 rings (SSSR count). The van der Waals surface area contributed by atoms with Gasteiger partial charge in [-0.15, -0.1) is 0 Å². The molecule has 3 heterocycles. The van der Waals surface area contributed by atoms with Crippen LogP contribution in [0.4, 0.5) is 19.3 Å². The Bertz CT molecular complexity index is 634. The van der Waals surface area contributed by atoms with Crippen molar-refractivity contribution in [2.75, 3.05) is 44.2 Å². The molecule has 0 radical (unpaired) electrons. The van der Waals surface area contributed by atoms with Crippen molar-refractivity contribution in [2.24, 2.45) is 0 Å². The maximum atomic E-state index is 13.4. The third-order valence-corrected chi connectivity index (χ3v) is 5.40. The second kappa shape index (κ2) is 6.20. The van der Waals surface area contributed by atoms with Gasteiger partial charge in [0.1, 0.15) is 6.61 Å². The number of nitrogens with zero attached hydrogens (tertiary/aromatic N) is 3. The van der Waals surface area contributed by atoms with Crippen molar-refractivity contribution >= 4 is 11.8 Å². The van der Waals surface area contributed by atoms with Gasteiger partial charge in [-0.3, -0.25) is 9.80 Å². The molecule has 5 nitrogen and oxygen atoms in total. The van der Waals surface area contributed by atoms with E-state index in [0.717, 1.165) is 51.3 Å². The molecule has 0 N–H and O–H groups in total. The number of piperazine rings is 1. The number of piperidine rings is 1. The number of benzene rings is 1. The molecule has 0 aliphatic carbocycles. The third kappa shape index (κ3) is 2.81. The minimum absolute atomic E-state index is 0.176. The van der Waals surface area contributed by atoms with Gasteiger partial charge in [0.25, 0.3) is 0 Å². The van der Waals surface area contributed by atoms with Crippen molar-refractivity contribution in [2.45, 2.75) is 24.9 Å². The second-order valence-electron chi connectivity index (χ2n) is 6.74. The van der Waals surface area contributed by atoms with E-state index in [2.05, 4.69) is 9.80 Å². The van der Waals surface area contributed by atoms with E-state index in [0.29, 0.717) is 12.6 Å². The van der Waals surface area contributed by atoms with E-state index in [1.54, 1.807) is 6.07 Å². The minimum Gasteiger partial charge on any atom is -0.447 e. The number of ether oxygens (including phenoxy) is 1. The largest absolute Gasteiger partial charge is 0.447 e. The van der Waals surface area contributed by atoms with E-state index in [4.69, 9.17) is 4.74 Å². The molecule has 1 unspecified atom stereocenters. The number of amides is 1. The van der Waals surface area contributed by atoms with Gasteiger partial charge in [-0.05, 0) is 25.0 Å². The number of carbonyl (C=O) groups is 1. The summed E-state index contributed by atoms with van der Waals surface area (Å²) < 4.78 is 31.6. The smallest absolute Gasteiger partial charge is 0.410 e. The Balaban J connectivity index is 1.34. The molecule has 1 aromatic rings. The Kier molecular flexibility index (Phi) is 4.04. The summed E-state index contributed by atoms with van der Waals surface area (Å²) in [5.41, 5.74) is 0.743. The molecule has 0 aromatic heterocycles. The van der Waals surface area contributed by atoms with E-state index in [1.165, 1.54) is 12.1 Å². The highest BCUT2D eigenvalue weighted by Crippen LogP contribution is 2.26. The van der Waals surface area contributed by atoms with Crippen molar-refractivity contribution in [1.29, 1.82) is 0 Å². The summed E-state index contributed by atoms with van der Waals surface area (Å²) in [6.07, 6.45) is 1.79. The number of hydrogen-bond acceptors (Lipinski definition) is 4. The van der Waals surface area contributed by atoms with Gasteiger partial charge in [0.15, 0.2) is 11.6 Å². The van der Waals surface area contributed by atoms with E-state index >= 15 is 0 Å². The average molecular weight is 337 g/mol. The summed E-state index contributed by atoms with van der Waals surface area (Å²) in [4.78, 5) is 17.9. The molecule has 7 heteroatoms. The monoisotopic (exact) mass is 337 g/mol. The molecule has 0 spiro atoms. The van der Waals surface area contributed by atoms with Crippen LogP contribution in [-0.4, -0.2) is 67.3 Å². The van der Waals surface area contributed by atoms with Gasteiger partial charge < -0.3 is 9.64 Å². The Morgan fingerprint density at radius 3 is 2.54 bits per heavy atom. The molecular weight excluding hydrogens is 316 g/mol. The zero-order valence-electron chi connectivity index (χ0n) is 13.5. The van der Waals surface area contributed by atoms with Crippen LogP contribution in [0.25, 0.3) is 0 Å². The summed E-state index contributed by atoms with van der Waals surface area (Å²) in [6, 6.07) is 4.75. The third-order valence-electron chi connectivity index (χ3n) is 5.40. The van der Waals surface area contributed by atoms with E-state index in [-0.39, 0.29) is 12.1 Å². The lowest BCUT2D eigenvalue weighted by atomic mass is 10.0. The van der Waals surface area contributed by atoms with Gasteiger partial charge in [-0.1, -0.05) is 0 Å². The van der Waals surface area contributed by atoms with Crippen molar-refractivity contribution < 1.29 is 18.3 Å². The lowest BCUT2D eigenvalue weighted by Crippen LogP contribution is -2.56. The van der Waals surface area contributed by atoms with E-state index in [9.17, 15) is 13.6 Å². The maximum absolute atomic E-state index is 13.4. The van der Waals surface area contributed by atoms with Gasteiger partial charge in [-0.25, -0.2) is 13.6 Å². The van der Waals surface area contributed by atoms with Gasteiger partial charge in [0.2, 0.25) is 0 Å². The molecule has 0 bridgehead atoms. The predicted octanol–water partition coefficient (Wildman–Crippen LogP) is 2.07. The highest BCUT2D eigenvalue weighted by Gasteiger charge is 2.39. The summed E-state index contributed by atoms with van der Waals surface area (Å²) in [6.45, 7) is 4.62. The second-order valence-corrected chi connectivity index (χ2v) is 6.74. The maximum Gasteiger partial charge on any atom is 0.410 e. The molecule has 1 aromatic carbocycles. The first-order valence-electron chi connectivity index (χ1n) is 8.49. The van der Waals surface area contributed by atoms with Gasteiger partial charge in [0, 0.05) is 50.5 Å². The highest BCUT2D eigenvalue weighted by atomic mass is 19.2. The van der Waals surface area contributed by atoms with Gasteiger partial charge >= 0.3 is 6.09 Å². The van der Waals surface area contributed by atoms with Crippen LogP contribution in [-0.2, 0) is 4.74 Å². The summed E-state index contributed by atoms with van der Waals surface area (Å²) in [5, 5.41) is 0. The number of hydrogen-bond donors (Lipinski definition) is 0. The first-order chi connectivity index (χ1) is 11.6. The summed E-state index contributed by atoms with van der Waals surface area (Å²) in [5.74, 6) is -1.60. The Hall–Kier alpha value is -1.89. The zero-order chi connectivity index (χ0) is 16.7. The number of fused-ring (bicyclic) bond motifs is 1. The molecule has 1 atom stereocenters. The van der Waals surface area contributed by atoms with Crippen molar-refractivity contribution in [3.8, 4) is 0 Å². The Labute approximate surface area is 139 Å². The molecule has 130 valence electrons. The first kappa shape index (κ1) is 15.6. The predicted molar refractivity (Wildman–Crippen MR) is 85.0 cm³/mol. The van der Waals surface area contributed by atoms with Crippen LogP contribution >= 0.6 is 0 Å². The molecule has 0 saturated carbocycles. The van der Waals surface area contributed by atoms with Crippen LogP contribution in [0.15, 0.2) is 18.2 Å². The lowest BCUT2D eigenvalue weighted by Gasteiger charge is -2.43. The van der Waals surface area contributed by atoms with E-state index < -0.39 is 11.6 Å². The Morgan fingerprint density at radius 2 is 1.79 bits per heavy atom. The highest BCUT2D eigenvalue weighted by molar-refractivity contribution is 5.70. The number of carbonyl (C=O) groups excluding carboxylic acids is 1. The number of anilines is 1. The van der Waals surface area contributed by atoms with Crippen molar-refractivity contribution in [3.63, 3.8) is 0 Å². The van der Waals surface area contributed by atoms with Gasteiger partial charge in [0.05, 0.1) is 6.04 Å². The van der Waals surface area contributed by atoms with Crippen LogP contribution in [0.2, 0.25) is 0 Å². The summed E-state index contributed by atoms with van der Waals surface area (Å²) in [7, 11) is 0. The Morgan fingerprint density at radius 1 is 1.00 bits per heavy atom. The minimum atomic E-state index is -0.806.